The van der Waals surface area contributed by atoms with Crippen LogP contribution < -0.4 is 5.32 Å². The molecule has 2 aromatic heterocycles. The summed E-state index contributed by atoms with van der Waals surface area (Å²) in [5.74, 6) is -0.479. The lowest BCUT2D eigenvalue weighted by Gasteiger charge is -2.12. The Morgan fingerprint density at radius 3 is 2.94 bits per heavy atom. The summed E-state index contributed by atoms with van der Waals surface area (Å²) in [5.41, 5.74) is 1.72. The van der Waals surface area contributed by atoms with Crippen molar-refractivity contribution < 1.29 is 4.39 Å². The maximum atomic E-state index is 12.9. The van der Waals surface area contributed by atoms with Crippen LogP contribution in [0.25, 0.3) is 0 Å². The smallest absolute Gasteiger partial charge is 0.214 e. The first kappa shape index (κ1) is 11.0. The number of aromatic nitrogens is 2. The molecule has 0 saturated heterocycles. The fraction of sp³-hybridized carbons (Fsp3) is 0.273. The summed E-state index contributed by atoms with van der Waals surface area (Å²) >= 11 is 1.60. The van der Waals surface area contributed by atoms with Crippen molar-refractivity contribution in [1.29, 1.82) is 0 Å². The number of anilines is 1. The highest BCUT2D eigenvalue weighted by Gasteiger charge is 2.09. The largest absolute Gasteiger partial charge is 0.376 e. The van der Waals surface area contributed by atoms with Gasteiger partial charge in [0.2, 0.25) is 5.95 Å². The minimum absolute atomic E-state index is 0.0699. The van der Waals surface area contributed by atoms with E-state index in [0.29, 0.717) is 5.69 Å². The summed E-state index contributed by atoms with van der Waals surface area (Å²) in [5, 5.41) is 6.18. The highest BCUT2D eigenvalue weighted by Crippen LogP contribution is 2.22. The van der Waals surface area contributed by atoms with Gasteiger partial charge in [-0.15, -0.1) is 11.3 Å². The van der Waals surface area contributed by atoms with Crippen LogP contribution in [0.4, 0.5) is 10.1 Å². The van der Waals surface area contributed by atoms with E-state index in [2.05, 4.69) is 15.3 Å². The first-order chi connectivity index (χ1) is 7.65. The zero-order valence-electron chi connectivity index (χ0n) is 9.07. The van der Waals surface area contributed by atoms with Crippen molar-refractivity contribution in [2.24, 2.45) is 0 Å². The van der Waals surface area contributed by atoms with Crippen molar-refractivity contribution in [3.05, 3.63) is 40.4 Å². The van der Waals surface area contributed by atoms with Crippen LogP contribution >= 0.6 is 11.3 Å². The van der Waals surface area contributed by atoms with Gasteiger partial charge >= 0.3 is 0 Å². The Morgan fingerprint density at radius 1 is 1.50 bits per heavy atom. The van der Waals surface area contributed by atoms with Gasteiger partial charge in [0.05, 0.1) is 6.04 Å². The molecule has 0 aliphatic rings. The van der Waals surface area contributed by atoms with E-state index in [1.165, 1.54) is 12.3 Å². The van der Waals surface area contributed by atoms with Crippen LogP contribution in [0.2, 0.25) is 0 Å². The van der Waals surface area contributed by atoms with Crippen molar-refractivity contribution in [3.63, 3.8) is 0 Å². The summed E-state index contributed by atoms with van der Waals surface area (Å²) in [6.45, 7) is 3.95. The Morgan fingerprint density at radius 2 is 2.31 bits per heavy atom. The molecule has 5 heteroatoms. The Hall–Kier alpha value is -1.49. The highest BCUT2D eigenvalue weighted by molar-refractivity contribution is 7.09. The number of hydrogen-bond acceptors (Lipinski definition) is 4. The molecule has 0 spiro atoms. The molecule has 0 saturated carbocycles. The molecule has 1 unspecified atom stereocenters. The molecule has 0 aliphatic heterocycles. The second-order valence-electron chi connectivity index (χ2n) is 3.56. The third-order valence-electron chi connectivity index (χ3n) is 2.12. The Labute approximate surface area is 97.4 Å². The van der Waals surface area contributed by atoms with E-state index in [0.717, 1.165) is 10.7 Å². The van der Waals surface area contributed by atoms with Crippen molar-refractivity contribution in [2.45, 2.75) is 19.9 Å². The lowest BCUT2D eigenvalue weighted by Crippen LogP contribution is -2.06. The molecule has 0 aromatic carbocycles. The van der Waals surface area contributed by atoms with Crippen LogP contribution in [-0.2, 0) is 0 Å². The molecular weight excluding hydrogens is 225 g/mol. The monoisotopic (exact) mass is 237 g/mol. The number of thiazole rings is 1. The molecule has 0 amide bonds. The third-order valence-corrected chi connectivity index (χ3v) is 3.26. The molecule has 16 heavy (non-hydrogen) atoms. The van der Waals surface area contributed by atoms with Crippen LogP contribution in [0.3, 0.4) is 0 Å². The van der Waals surface area contributed by atoms with Crippen molar-refractivity contribution >= 4 is 17.0 Å². The Kier molecular flexibility index (Phi) is 3.14. The minimum atomic E-state index is -0.479. The predicted molar refractivity (Wildman–Crippen MR) is 63.1 cm³/mol. The molecule has 2 heterocycles. The van der Waals surface area contributed by atoms with Gasteiger partial charge in [-0.3, -0.25) is 0 Å². The van der Waals surface area contributed by atoms with E-state index in [4.69, 9.17) is 0 Å². The first-order valence-electron chi connectivity index (χ1n) is 4.95. The van der Waals surface area contributed by atoms with E-state index >= 15 is 0 Å². The molecule has 0 radical (unpaired) electrons. The SMILES string of the molecule is Cc1csc(C(C)Nc2ccnc(F)c2)n1. The van der Waals surface area contributed by atoms with Crippen molar-refractivity contribution in [3.8, 4) is 0 Å². The van der Waals surface area contributed by atoms with Gasteiger partial charge in [0.25, 0.3) is 0 Å². The van der Waals surface area contributed by atoms with Gasteiger partial charge in [0, 0.05) is 29.0 Å². The molecule has 2 aromatic rings. The van der Waals surface area contributed by atoms with Gasteiger partial charge < -0.3 is 5.32 Å². The van der Waals surface area contributed by atoms with Gasteiger partial charge in [-0.25, -0.2) is 9.97 Å². The highest BCUT2D eigenvalue weighted by atomic mass is 32.1. The second kappa shape index (κ2) is 4.57. The van der Waals surface area contributed by atoms with Crippen LogP contribution in [0.5, 0.6) is 0 Å². The maximum Gasteiger partial charge on any atom is 0.214 e. The van der Waals surface area contributed by atoms with Gasteiger partial charge in [-0.05, 0) is 19.9 Å². The first-order valence-corrected chi connectivity index (χ1v) is 5.83. The van der Waals surface area contributed by atoms with E-state index in [-0.39, 0.29) is 6.04 Å². The van der Waals surface area contributed by atoms with Gasteiger partial charge in [-0.1, -0.05) is 0 Å². The molecule has 84 valence electrons. The molecule has 1 atom stereocenters. The number of pyridine rings is 1. The zero-order valence-corrected chi connectivity index (χ0v) is 9.88. The lowest BCUT2D eigenvalue weighted by atomic mass is 10.3. The standard InChI is InChI=1S/C11H12FN3S/c1-7-6-16-11(14-7)8(2)15-9-3-4-13-10(12)5-9/h3-6,8H,1-2H3,(H,13,15). The number of aryl methyl sites for hydroxylation is 1. The predicted octanol–water partition coefficient (Wildman–Crippen LogP) is 3.16. The number of halogens is 1. The molecular formula is C11H12FN3S. The summed E-state index contributed by atoms with van der Waals surface area (Å²) < 4.78 is 12.9. The third kappa shape index (κ3) is 2.55. The fourth-order valence-electron chi connectivity index (χ4n) is 1.38. The summed E-state index contributed by atoms with van der Waals surface area (Å²) in [7, 11) is 0. The van der Waals surface area contributed by atoms with Crippen LogP contribution in [0, 0.1) is 12.9 Å². The molecule has 3 nitrogen and oxygen atoms in total. The van der Waals surface area contributed by atoms with Gasteiger partial charge in [0.1, 0.15) is 5.01 Å². The number of nitrogens with zero attached hydrogens (tertiary/aromatic N) is 2. The van der Waals surface area contributed by atoms with Gasteiger partial charge in [0.15, 0.2) is 0 Å². The minimum Gasteiger partial charge on any atom is -0.376 e. The van der Waals surface area contributed by atoms with Crippen LogP contribution in [-0.4, -0.2) is 9.97 Å². The van der Waals surface area contributed by atoms with Crippen molar-refractivity contribution in [2.75, 3.05) is 5.32 Å². The topological polar surface area (TPSA) is 37.8 Å². The fourth-order valence-corrected chi connectivity index (χ4v) is 2.18. The average Bonchev–Trinajstić information content (AvgIpc) is 2.65. The van der Waals surface area contributed by atoms with Crippen molar-refractivity contribution in [1.82, 2.24) is 9.97 Å². The average molecular weight is 237 g/mol. The van der Waals surface area contributed by atoms with E-state index < -0.39 is 5.95 Å². The summed E-state index contributed by atoms with van der Waals surface area (Å²) in [6.07, 6.45) is 1.44. The zero-order chi connectivity index (χ0) is 11.5. The Bertz CT molecular complexity index is 484. The molecule has 1 N–H and O–H groups in total. The number of rotatable bonds is 3. The van der Waals surface area contributed by atoms with E-state index in [1.807, 2.05) is 19.2 Å². The maximum absolute atomic E-state index is 12.9. The lowest BCUT2D eigenvalue weighted by molar-refractivity contribution is 0.584. The Balaban J connectivity index is 2.10. The second-order valence-corrected chi connectivity index (χ2v) is 4.45. The number of hydrogen-bond donors (Lipinski definition) is 1. The van der Waals surface area contributed by atoms with Gasteiger partial charge in [-0.2, -0.15) is 4.39 Å². The molecule has 2 rings (SSSR count). The normalized spacial score (nSPS) is 12.4. The van der Waals surface area contributed by atoms with Crippen LogP contribution in [0.15, 0.2) is 23.7 Å². The molecule has 0 bridgehead atoms. The molecule has 0 fully saturated rings. The number of nitrogens with one attached hydrogen (secondary N) is 1. The van der Waals surface area contributed by atoms with Crippen LogP contribution in [0.1, 0.15) is 23.7 Å². The quantitative estimate of drug-likeness (QED) is 0.833. The molecule has 0 aliphatic carbocycles. The van der Waals surface area contributed by atoms with E-state index in [9.17, 15) is 4.39 Å². The summed E-state index contributed by atoms with van der Waals surface area (Å²) in [6, 6.07) is 3.18. The summed E-state index contributed by atoms with van der Waals surface area (Å²) in [4.78, 5) is 7.88. The van der Waals surface area contributed by atoms with E-state index in [1.54, 1.807) is 17.4 Å².